The summed E-state index contributed by atoms with van der Waals surface area (Å²) in [5.41, 5.74) is 18.5. The highest BCUT2D eigenvalue weighted by molar-refractivity contribution is 7.95. The van der Waals surface area contributed by atoms with Gasteiger partial charge >= 0.3 is 0 Å². The minimum absolute atomic E-state index is 0.0343. The molecule has 26 nitrogen and oxygen atoms in total. The van der Waals surface area contributed by atoms with E-state index in [1.165, 1.54) is 98.1 Å². The Bertz CT molecular complexity index is 3240. The number of hydrogen-bond acceptors (Lipinski definition) is 26. The Labute approximate surface area is 393 Å². The van der Waals surface area contributed by atoms with E-state index in [4.69, 9.17) is 36.6 Å². The van der Waals surface area contributed by atoms with Gasteiger partial charge in [0.25, 0.3) is 20.1 Å². The number of ether oxygens (including phenoxy) is 1. The zero-order chi connectivity index (χ0) is 49.2. The number of phenols is 1. The SMILES string of the molecule is COc1cc(N=Nc2ccc(NS(=O)(=O)c3ccc(N=Nc4c(S(=O)(=O)O)cc5c(SOOO)cc(N=Nc6ccc(S(=O)(=O)CCOSOOO)cc6)c(N)c5c4O)cc3)cc2)c(N)cc1N. The van der Waals surface area contributed by atoms with Gasteiger partial charge in [-0.05, 0) is 91.0 Å². The number of azo groups is 3. The van der Waals surface area contributed by atoms with Crippen molar-refractivity contribution in [1.82, 2.24) is 0 Å². The van der Waals surface area contributed by atoms with E-state index in [0.717, 1.165) is 6.07 Å². The predicted octanol–water partition coefficient (Wildman–Crippen LogP) is 8.80. The molecule has 0 aliphatic carbocycles. The van der Waals surface area contributed by atoms with Crippen LogP contribution in [0.2, 0.25) is 0 Å². The van der Waals surface area contributed by atoms with E-state index in [1.807, 2.05) is 0 Å². The number of sulfonamides is 1. The first-order valence-corrected chi connectivity index (χ1v) is 24.4. The van der Waals surface area contributed by atoms with Crippen LogP contribution >= 0.6 is 24.4 Å². The first kappa shape index (κ1) is 50.8. The van der Waals surface area contributed by atoms with Gasteiger partial charge in [-0.2, -0.15) is 23.8 Å². The number of nitrogens with two attached hydrogens (primary N) is 3. The van der Waals surface area contributed by atoms with Crippen LogP contribution in [0.1, 0.15) is 0 Å². The van der Waals surface area contributed by atoms with Crippen LogP contribution < -0.4 is 26.7 Å². The molecule has 358 valence electrons. The molecule has 0 heterocycles. The van der Waals surface area contributed by atoms with Gasteiger partial charge < -0.3 is 27.0 Å². The van der Waals surface area contributed by atoms with E-state index in [2.05, 4.69) is 54.2 Å². The van der Waals surface area contributed by atoms with Gasteiger partial charge in [0.05, 0.1) is 80.8 Å². The molecule has 0 saturated carbocycles. The lowest BCUT2D eigenvalue weighted by molar-refractivity contribution is -0.434. The van der Waals surface area contributed by atoms with Crippen molar-refractivity contribution < 1.29 is 73.1 Å². The number of nitrogens with zero attached hydrogens (tertiary/aromatic N) is 6. The number of hydrogen-bond donors (Lipinski definition) is 8. The van der Waals surface area contributed by atoms with Crippen molar-refractivity contribution >= 4 is 122 Å². The smallest absolute Gasteiger partial charge is 0.296 e. The first-order chi connectivity index (χ1) is 32.3. The lowest BCUT2D eigenvalue weighted by Gasteiger charge is -2.14. The van der Waals surface area contributed by atoms with Crippen molar-refractivity contribution in [1.29, 1.82) is 0 Å². The molecule has 0 amide bonds. The molecule has 11 N–H and O–H groups in total. The van der Waals surface area contributed by atoms with Gasteiger partial charge in [0.2, 0.25) is 0 Å². The van der Waals surface area contributed by atoms with Crippen molar-refractivity contribution in [2.24, 2.45) is 30.7 Å². The highest BCUT2D eigenvalue weighted by atomic mass is 32.2. The van der Waals surface area contributed by atoms with E-state index < -0.39 is 52.1 Å². The van der Waals surface area contributed by atoms with Crippen molar-refractivity contribution in [3.63, 3.8) is 0 Å². The molecule has 0 bridgehead atoms. The van der Waals surface area contributed by atoms with Gasteiger partial charge in [0, 0.05) is 22.0 Å². The highest BCUT2D eigenvalue weighted by Crippen LogP contribution is 2.49. The Kier molecular flexibility index (Phi) is 16.5. The number of sulfone groups is 1. The van der Waals surface area contributed by atoms with Crippen molar-refractivity contribution in [3.05, 3.63) is 97.1 Å². The Balaban J connectivity index is 1.24. The maximum absolute atomic E-state index is 13.3. The molecule has 0 saturated heterocycles. The van der Waals surface area contributed by atoms with Gasteiger partial charge in [-0.15, -0.1) is 24.0 Å². The molecule has 0 aliphatic heterocycles. The molecule has 6 aromatic carbocycles. The van der Waals surface area contributed by atoms with E-state index >= 15 is 0 Å². The second-order valence-electron chi connectivity index (χ2n) is 13.2. The van der Waals surface area contributed by atoms with E-state index in [9.17, 15) is 34.9 Å². The van der Waals surface area contributed by atoms with Crippen LogP contribution in [0.5, 0.6) is 11.5 Å². The fraction of sp³-hybridized carbons (Fsp3) is 0.0811. The van der Waals surface area contributed by atoms with Crippen molar-refractivity contribution in [2.45, 2.75) is 19.6 Å². The van der Waals surface area contributed by atoms with Gasteiger partial charge in [0.15, 0.2) is 27.9 Å². The highest BCUT2D eigenvalue weighted by Gasteiger charge is 2.26. The Hall–Kier alpha value is -6.59. The second-order valence-corrected chi connectivity index (χ2v) is 19.7. The fourth-order valence-electron chi connectivity index (χ4n) is 5.75. The summed E-state index contributed by atoms with van der Waals surface area (Å²) in [7, 11) is -11.7. The molecular formula is C37H34N10O16S5. The summed E-state index contributed by atoms with van der Waals surface area (Å²) < 4.78 is 108. The lowest BCUT2D eigenvalue weighted by Crippen LogP contribution is -2.12. The van der Waals surface area contributed by atoms with Crippen molar-refractivity contribution in [3.8, 4) is 11.5 Å². The quantitative estimate of drug-likeness (QED) is 0.00634. The zero-order valence-electron chi connectivity index (χ0n) is 34.3. The van der Waals surface area contributed by atoms with Crippen LogP contribution in [0.3, 0.4) is 0 Å². The topological polar surface area (TPSA) is 403 Å². The maximum atomic E-state index is 13.3. The summed E-state index contributed by atoms with van der Waals surface area (Å²) in [6.07, 6.45) is 0. The number of methoxy groups -OCH3 is 1. The van der Waals surface area contributed by atoms with Crippen LogP contribution in [0.25, 0.3) is 10.8 Å². The molecule has 0 fully saturated rings. The average Bonchev–Trinajstić information content (AvgIpc) is 3.30. The number of aromatic hydroxyl groups is 1. The lowest BCUT2D eigenvalue weighted by atomic mass is 10.0. The largest absolute Gasteiger partial charge is 0.505 e. The van der Waals surface area contributed by atoms with Gasteiger partial charge in [-0.25, -0.2) is 27.4 Å². The number of nitrogens with one attached hydrogen (secondary N) is 1. The zero-order valence-corrected chi connectivity index (χ0v) is 38.4. The van der Waals surface area contributed by atoms with Crippen LogP contribution in [0.15, 0.2) is 147 Å². The van der Waals surface area contributed by atoms with Gasteiger partial charge in [-0.3, -0.25) is 13.5 Å². The summed E-state index contributed by atoms with van der Waals surface area (Å²) in [5, 5.41) is 59.2. The molecule has 0 unspecified atom stereocenters. The number of benzene rings is 6. The standard InChI is InChI=1S/C37H34N10O16S5/c1-58-31-18-29(27(38)17-28(31)39)44-41-20-2-4-23(5-3-20)47-67(53,54)25-12-8-22(9-13-25)43-46-36-33(68(55,56)57)16-26-32(64-62-60-49)19-30(35(40)34(26)37(36)48)45-42-21-6-10-24(11-7-21)66(51,52)15-14-59-65-63-61-50/h2-13,16-19,47-50H,14-15,38-40H2,1H3,(H,55,56,57). The minimum atomic E-state index is -5.17. The third-order valence-electron chi connectivity index (χ3n) is 8.94. The summed E-state index contributed by atoms with van der Waals surface area (Å²) in [5.74, 6) is -1.04. The molecule has 68 heavy (non-hydrogen) atoms. The minimum Gasteiger partial charge on any atom is -0.505 e. The van der Waals surface area contributed by atoms with Crippen LogP contribution in [-0.4, -0.2) is 64.9 Å². The summed E-state index contributed by atoms with van der Waals surface area (Å²) in [6.45, 7) is -0.319. The Morgan fingerprint density at radius 1 is 0.676 bits per heavy atom. The second kappa shape index (κ2) is 22.0. The molecule has 0 aromatic heterocycles. The molecule has 0 spiro atoms. The summed E-state index contributed by atoms with van der Waals surface area (Å²) in [4.78, 5) is -1.35. The number of nitrogen functional groups attached to an aromatic ring is 3. The normalized spacial score (nSPS) is 12.5. The predicted molar refractivity (Wildman–Crippen MR) is 245 cm³/mol. The molecule has 0 radical (unpaired) electrons. The molecule has 0 aliphatic rings. The van der Waals surface area contributed by atoms with E-state index in [-0.39, 0.29) is 78.5 Å². The molecule has 31 heteroatoms. The Morgan fingerprint density at radius 2 is 1.25 bits per heavy atom. The third kappa shape index (κ3) is 12.5. The number of fused-ring (bicyclic) bond motifs is 1. The molecule has 6 aromatic rings. The summed E-state index contributed by atoms with van der Waals surface area (Å²) >= 11 is 0.528. The summed E-state index contributed by atoms with van der Waals surface area (Å²) in [6, 6.07) is 20.9. The molecular weight excluding hydrogens is 1000 g/mol. The van der Waals surface area contributed by atoms with Crippen LogP contribution in [0, 0.1) is 0 Å². The number of rotatable bonds is 21. The Morgan fingerprint density at radius 3 is 1.84 bits per heavy atom. The molecule has 0 atom stereocenters. The average molecular weight is 1040 g/mol. The van der Waals surface area contributed by atoms with Gasteiger partial charge in [-0.1, -0.05) is 10.1 Å². The third-order valence-corrected chi connectivity index (χ3v) is 13.9. The van der Waals surface area contributed by atoms with E-state index in [1.54, 1.807) is 0 Å². The molecule has 6 rings (SSSR count). The van der Waals surface area contributed by atoms with Gasteiger partial charge in [0.1, 0.15) is 27.7 Å². The fourth-order valence-corrected chi connectivity index (χ4v) is 9.39. The van der Waals surface area contributed by atoms with Crippen LogP contribution in [0.4, 0.5) is 56.9 Å². The van der Waals surface area contributed by atoms with Crippen LogP contribution in [-0.2, 0) is 52.9 Å². The monoisotopic (exact) mass is 1030 g/mol. The first-order valence-electron chi connectivity index (χ1n) is 18.4. The van der Waals surface area contributed by atoms with E-state index in [0.29, 0.717) is 34.9 Å². The number of phenolic OH excluding ortho intramolecular Hbond substituents is 1. The number of anilines is 4. The van der Waals surface area contributed by atoms with Crippen molar-refractivity contribution in [2.75, 3.05) is 41.4 Å². The maximum Gasteiger partial charge on any atom is 0.296 e.